The SMILES string of the molecule is CC1CN2CCCCC2CN1C(=O)CC1CCCCC1N. The molecule has 3 rings (SSSR count). The fourth-order valence-electron chi connectivity index (χ4n) is 4.53. The van der Waals surface area contributed by atoms with Gasteiger partial charge in [0, 0.05) is 37.6 Å². The van der Waals surface area contributed by atoms with E-state index < -0.39 is 0 Å². The normalized spacial score (nSPS) is 38.1. The third kappa shape index (κ3) is 3.42. The number of fused-ring (bicyclic) bond motifs is 1. The zero-order valence-corrected chi connectivity index (χ0v) is 13.5. The van der Waals surface area contributed by atoms with Gasteiger partial charge in [-0.05, 0) is 45.1 Å². The van der Waals surface area contributed by atoms with E-state index in [1.807, 2.05) is 0 Å². The van der Waals surface area contributed by atoms with Crippen LogP contribution in [-0.4, -0.2) is 53.5 Å². The molecule has 0 aromatic carbocycles. The summed E-state index contributed by atoms with van der Waals surface area (Å²) in [7, 11) is 0. The molecule has 0 radical (unpaired) electrons. The van der Waals surface area contributed by atoms with E-state index in [-0.39, 0.29) is 6.04 Å². The van der Waals surface area contributed by atoms with Crippen molar-refractivity contribution in [3.05, 3.63) is 0 Å². The maximum atomic E-state index is 12.7. The highest BCUT2D eigenvalue weighted by Gasteiger charge is 2.36. The Bertz CT molecular complexity index is 373. The van der Waals surface area contributed by atoms with Crippen molar-refractivity contribution in [2.75, 3.05) is 19.6 Å². The number of piperazine rings is 1. The molecule has 1 amide bonds. The van der Waals surface area contributed by atoms with Crippen molar-refractivity contribution in [2.45, 2.75) is 76.4 Å². The van der Waals surface area contributed by atoms with Crippen LogP contribution in [0.5, 0.6) is 0 Å². The summed E-state index contributed by atoms with van der Waals surface area (Å²) in [5, 5.41) is 0. The summed E-state index contributed by atoms with van der Waals surface area (Å²) in [4.78, 5) is 17.5. The second-order valence-electron chi connectivity index (χ2n) is 7.45. The molecule has 2 aliphatic heterocycles. The Labute approximate surface area is 129 Å². The first-order chi connectivity index (χ1) is 10.1. The molecule has 3 fully saturated rings. The summed E-state index contributed by atoms with van der Waals surface area (Å²) in [5.41, 5.74) is 6.22. The maximum Gasteiger partial charge on any atom is 0.223 e. The second-order valence-corrected chi connectivity index (χ2v) is 7.45. The number of rotatable bonds is 2. The molecule has 1 aliphatic carbocycles. The molecule has 2 saturated heterocycles. The highest BCUT2D eigenvalue weighted by molar-refractivity contribution is 5.77. The molecule has 120 valence electrons. The lowest BCUT2D eigenvalue weighted by Gasteiger charge is -2.48. The Balaban J connectivity index is 1.58. The largest absolute Gasteiger partial charge is 0.337 e. The van der Waals surface area contributed by atoms with Gasteiger partial charge in [0.2, 0.25) is 5.91 Å². The van der Waals surface area contributed by atoms with Gasteiger partial charge >= 0.3 is 0 Å². The number of nitrogens with zero attached hydrogens (tertiary/aromatic N) is 2. The maximum absolute atomic E-state index is 12.7. The van der Waals surface area contributed by atoms with Gasteiger partial charge in [0.1, 0.15) is 0 Å². The zero-order chi connectivity index (χ0) is 14.8. The molecule has 4 unspecified atom stereocenters. The van der Waals surface area contributed by atoms with Crippen molar-refractivity contribution in [1.29, 1.82) is 0 Å². The van der Waals surface area contributed by atoms with Crippen LogP contribution in [0.2, 0.25) is 0 Å². The van der Waals surface area contributed by atoms with E-state index in [2.05, 4.69) is 16.7 Å². The first kappa shape index (κ1) is 15.3. The Hall–Kier alpha value is -0.610. The topological polar surface area (TPSA) is 49.6 Å². The summed E-state index contributed by atoms with van der Waals surface area (Å²) in [6.45, 7) is 5.45. The average molecular weight is 293 g/mol. The summed E-state index contributed by atoms with van der Waals surface area (Å²) in [6, 6.07) is 1.22. The molecule has 0 spiro atoms. The first-order valence-corrected chi connectivity index (χ1v) is 8.94. The van der Waals surface area contributed by atoms with Gasteiger partial charge in [-0.2, -0.15) is 0 Å². The van der Waals surface area contributed by atoms with Crippen LogP contribution in [0.25, 0.3) is 0 Å². The number of nitrogens with two attached hydrogens (primary N) is 1. The number of carbonyl (C=O) groups is 1. The van der Waals surface area contributed by atoms with Crippen molar-refractivity contribution in [1.82, 2.24) is 9.80 Å². The van der Waals surface area contributed by atoms with E-state index in [0.717, 1.165) is 25.9 Å². The fraction of sp³-hybridized carbons (Fsp3) is 0.941. The van der Waals surface area contributed by atoms with Crippen molar-refractivity contribution in [3.8, 4) is 0 Å². The number of carbonyl (C=O) groups excluding carboxylic acids is 1. The third-order valence-electron chi connectivity index (χ3n) is 5.91. The third-order valence-corrected chi connectivity index (χ3v) is 5.91. The minimum absolute atomic E-state index is 0.244. The van der Waals surface area contributed by atoms with Gasteiger partial charge in [0.15, 0.2) is 0 Å². The molecular formula is C17H31N3O. The van der Waals surface area contributed by atoms with Gasteiger partial charge in [-0.1, -0.05) is 19.3 Å². The summed E-state index contributed by atoms with van der Waals surface area (Å²) in [6.07, 6.45) is 9.33. The van der Waals surface area contributed by atoms with Gasteiger partial charge in [-0.3, -0.25) is 9.69 Å². The molecule has 0 aromatic heterocycles. The average Bonchev–Trinajstić information content (AvgIpc) is 2.49. The van der Waals surface area contributed by atoms with Gasteiger partial charge in [0.05, 0.1) is 0 Å². The van der Waals surface area contributed by atoms with Crippen LogP contribution in [0.4, 0.5) is 0 Å². The van der Waals surface area contributed by atoms with Crippen molar-refractivity contribution in [3.63, 3.8) is 0 Å². The van der Waals surface area contributed by atoms with Crippen LogP contribution in [0.15, 0.2) is 0 Å². The minimum atomic E-state index is 0.244. The van der Waals surface area contributed by atoms with E-state index in [9.17, 15) is 4.79 Å². The summed E-state index contributed by atoms with van der Waals surface area (Å²) < 4.78 is 0. The van der Waals surface area contributed by atoms with E-state index in [1.165, 1.54) is 38.6 Å². The molecule has 4 heteroatoms. The molecule has 2 N–H and O–H groups in total. The van der Waals surface area contributed by atoms with Gasteiger partial charge < -0.3 is 10.6 Å². The molecule has 4 atom stereocenters. The van der Waals surface area contributed by atoms with Crippen LogP contribution in [0.3, 0.4) is 0 Å². The van der Waals surface area contributed by atoms with Crippen molar-refractivity contribution >= 4 is 5.91 Å². The molecule has 4 nitrogen and oxygen atoms in total. The van der Waals surface area contributed by atoms with E-state index in [4.69, 9.17) is 5.73 Å². The van der Waals surface area contributed by atoms with Gasteiger partial charge in [0.25, 0.3) is 0 Å². The van der Waals surface area contributed by atoms with E-state index in [0.29, 0.717) is 30.3 Å². The van der Waals surface area contributed by atoms with E-state index in [1.54, 1.807) is 0 Å². The molecular weight excluding hydrogens is 262 g/mol. The first-order valence-electron chi connectivity index (χ1n) is 8.94. The summed E-state index contributed by atoms with van der Waals surface area (Å²) >= 11 is 0. The Kier molecular flexibility index (Phi) is 4.85. The predicted molar refractivity (Wildman–Crippen MR) is 84.9 cm³/mol. The molecule has 0 aromatic rings. The molecule has 3 aliphatic rings. The minimum Gasteiger partial charge on any atom is -0.337 e. The molecule has 1 saturated carbocycles. The lowest BCUT2D eigenvalue weighted by Crippen LogP contribution is -2.60. The molecule has 0 bridgehead atoms. The number of hydrogen-bond donors (Lipinski definition) is 1. The van der Waals surface area contributed by atoms with Gasteiger partial charge in [-0.15, -0.1) is 0 Å². The van der Waals surface area contributed by atoms with Crippen molar-refractivity contribution < 1.29 is 4.79 Å². The van der Waals surface area contributed by atoms with Crippen LogP contribution >= 0.6 is 0 Å². The van der Waals surface area contributed by atoms with Crippen LogP contribution in [0, 0.1) is 5.92 Å². The Morgan fingerprint density at radius 2 is 1.86 bits per heavy atom. The number of hydrogen-bond acceptors (Lipinski definition) is 3. The highest BCUT2D eigenvalue weighted by Crippen LogP contribution is 2.29. The number of amides is 1. The Morgan fingerprint density at radius 3 is 2.67 bits per heavy atom. The molecule has 2 heterocycles. The van der Waals surface area contributed by atoms with Gasteiger partial charge in [-0.25, -0.2) is 0 Å². The quantitative estimate of drug-likeness (QED) is 0.847. The standard InChI is InChI=1S/C17H31N3O/c1-13-11-19-9-5-4-7-15(19)12-20(13)17(21)10-14-6-2-3-8-16(14)18/h13-16H,2-12,18H2,1H3. The smallest absolute Gasteiger partial charge is 0.223 e. The second kappa shape index (κ2) is 6.66. The predicted octanol–water partition coefficient (Wildman–Crippen LogP) is 1.98. The number of piperidine rings is 1. The van der Waals surface area contributed by atoms with Crippen molar-refractivity contribution in [2.24, 2.45) is 11.7 Å². The lowest BCUT2D eigenvalue weighted by molar-refractivity contribution is -0.139. The summed E-state index contributed by atoms with van der Waals surface area (Å²) in [5.74, 6) is 0.776. The zero-order valence-electron chi connectivity index (χ0n) is 13.5. The fourth-order valence-corrected chi connectivity index (χ4v) is 4.53. The Morgan fingerprint density at radius 1 is 1.10 bits per heavy atom. The lowest BCUT2D eigenvalue weighted by atomic mass is 9.82. The van der Waals surface area contributed by atoms with Crippen LogP contribution in [-0.2, 0) is 4.79 Å². The van der Waals surface area contributed by atoms with Crippen LogP contribution < -0.4 is 5.73 Å². The van der Waals surface area contributed by atoms with Crippen LogP contribution in [0.1, 0.15) is 58.3 Å². The van der Waals surface area contributed by atoms with E-state index >= 15 is 0 Å². The molecule has 21 heavy (non-hydrogen) atoms. The highest BCUT2D eigenvalue weighted by atomic mass is 16.2. The monoisotopic (exact) mass is 293 g/mol.